The van der Waals surface area contributed by atoms with Crippen molar-refractivity contribution in [3.05, 3.63) is 29.8 Å². The van der Waals surface area contributed by atoms with Crippen LogP contribution in [0.15, 0.2) is 24.3 Å². The molecule has 0 bridgehead atoms. The van der Waals surface area contributed by atoms with Crippen LogP contribution in [0.25, 0.3) is 0 Å². The van der Waals surface area contributed by atoms with Crippen molar-refractivity contribution in [1.29, 1.82) is 0 Å². The summed E-state index contributed by atoms with van der Waals surface area (Å²) >= 11 is 0. The molecule has 2 aliphatic heterocycles. The van der Waals surface area contributed by atoms with Crippen LogP contribution in [0.1, 0.15) is 12.0 Å². The van der Waals surface area contributed by atoms with Crippen LogP contribution in [0.5, 0.6) is 5.75 Å². The molecule has 0 aromatic heterocycles. The van der Waals surface area contributed by atoms with Crippen molar-refractivity contribution in [1.82, 2.24) is 9.21 Å². The van der Waals surface area contributed by atoms with Crippen molar-refractivity contribution in [3.8, 4) is 5.75 Å². The van der Waals surface area contributed by atoms with E-state index in [4.69, 9.17) is 9.47 Å². The molecule has 6 nitrogen and oxygen atoms in total. The van der Waals surface area contributed by atoms with Gasteiger partial charge < -0.3 is 9.47 Å². The molecule has 7 heteroatoms. The Balaban J connectivity index is 1.60. The molecular formula is C17H26N2O4S. The molecule has 0 amide bonds. The Morgan fingerprint density at radius 3 is 2.62 bits per heavy atom. The molecule has 2 heterocycles. The van der Waals surface area contributed by atoms with Gasteiger partial charge in [0.1, 0.15) is 5.75 Å². The quantitative estimate of drug-likeness (QED) is 0.813. The van der Waals surface area contributed by atoms with Gasteiger partial charge in [0.15, 0.2) is 0 Å². The fourth-order valence-corrected chi connectivity index (χ4v) is 4.39. The summed E-state index contributed by atoms with van der Waals surface area (Å²) in [6.45, 7) is 4.23. The minimum absolute atomic E-state index is 0.115. The van der Waals surface area contributed by atoms with Crippen LogP contribution in [-0.2, 0) is 21.3 Å². The summed E-state index contributed by atoms with van der Waals surface area (Å²) < 4.78 is 36.4. The lowest BCUT2D eigenvalue weighted by Crippen LogP contribution is -2.47. The van der Waals surface area contributed by atoms with Gasteiger partial charge in [-0.2, -0.15) is 4.31 Å². The second-order valence-corrected chi connectivity index (χ2v) is 8.64. The van der Waals surface area contributed by atoms with Gasteiger partial charge in [-0.3, -0.25) is 4.90 Å². The number of rotatable bonds is 4. The van der Waals surface area contributed by atoms with Crippen LogP contribution in [0.4, 0.5) is 0 Å². The zero-order valence-electron chi connectivity index (χ0n) is 14.3. The zero-order chi connectivity index (χ0) is 17.2. The highest BCUT2D eigenvalue weighted by molar-refractivity contribution is 7.88. The van der Waals surface area contributed by atoms with Crippen molar-refractivity contribution in [3.63, 3.8) is 0 Å². The van der Waals surface area contributed by atoms with Crippen molar-refractivity contribution >= 4 is 10.0 Å². The Labute approximate surface area is 144 Å². The number of hydrogen-bond donors (Lipinski definition) is 0. The van der Waals surface area contributed by atoms with E-state index in [1.54, 1.807) is 11.4 Å². The van der Waals surface area contributed by atoms with Gasteiger partial charge in [-0.15, -0.1) is 0 Å². The van der Waals surface area contributed by atoms with E-state index in [-0.39, 0.29) is 12.0 Å². The Bertz CT molecular complexity index is 647. The Kier molecular flexibility index (Phi) is 5.44. The van der Waals surface area contributed by atoms with Gasteiger partial charge >= 0.3 is 0 Å². The maximum atomic E-state index is 11.8. The third-order valence-electron chi connectivity index (χ3n) is 4.93. The SMILES string of the molecule is COc1ccc(CN2CC[C@@H]3CN(S(C)(=O)=O)CCO[C@@H]3C2)cc1. The van der Waals surface area contributed by atoms with Crippen LogP contribution in [0.3, 0.4) is 0 Å². The Hall–Kier alpha value is -1.15. The lowest BCUT2D eigenvalue weighted by Gasteiger charge is -2.37. The summed E-state index contributed by atoms with van der Waals surface area (Å²) in [6, 6.07) is 8.14. The van der Waals surface area contributed by atoms with Crippen molar-refractivity contribution in [2.24, 2.45) is 5.92 Å². The van der Waals surface area contributed by atoms with Crippen LogP contribution in [0, 0.1) is 5.92 Å². The zero-order valence-corrected chi connectivity index (χ0v) is 15.2. The predicted molar refractivity (Wildman–Crippen MR) is 92.5 cm³/mol. The van der Waals surface area contributed by atoms with E-state index < -0.39 is 10.0 Å². The maximum absolute atomic E-state index is 11.8. The van der Waals surface area contributed by atoms with E-state index in [2.05, 4.69) is 17.0 Å². The third kappa shape index (κ3) is 4.27. The van der Waals surface area contributed by atoms with E-state index >= 15 is 0 Å². The molecule has 0 spiro atoms. The number of ether oxygens (including phenoxy) is 2. The fourth-order valence-electron chi connectivity index (χ4n) is 3.52. The average molecular weight is 354 g/mol. The summed E-state index contributed by atoms with van der Waals surface area (Å²) in [5.41, 5.74) is 1.25. The Morgan fingerprint density at radius 1 is 1.21 bits per heavy atom. The summed E-state index contributed by atoms with van der Waals surface area (Å²) in [5.74, 6) is 1.15. The van der Waals surface area contributed by atoms with Gasteiger partial charge in [-0.25, -0.2) is 8.42 Å². The van der Waals surface area contributed by atoms with Gasteiger partial charge in [0.25, 0.3) is 0 Å². The molecule has 1 aromatic carbocycles. The second-order valence-electron chi connectivity index (χ2n) is 6.66. The van der Waals surface area contributed by atoms with E-state index in [0.29, 0.717) is 19.7 Å². The number of sulfonamides is 1. The highest BCUT2D eigenvalue weighted by atomic mass is 32.2. The first kappa shape index (κ1) is 17.7. The third-order valence-corrected chi connectivity index (χ3v) is 6.19. The Morgan fingerprint density at radius 2 is 1.96 bits per heavy atom. The monoisotopic (exact) mass is 354 g/mol. The number of benzene rings is 1. The smallest absolute Gasteiger partial charge is 0.211 e. The molecule has 134 valence electrons. The lowest BCUT2D eigenvalue weighted by molar-refractivity contribution is -0.0240. The van der Waals surface area contributed by atoms with Crippen LogP contribution >= 0.6 is 0 Å². The second kappa shape index (κ2) is 7.39. The van der Waals surface area contributed by atoms with Gasteiger partial charge in [-0.05, 0) is 30.7 Å². The van der Waals surface area contributed by atoms with Gasteiger partial charge in [0.2, 0.25) is 10.0 Å². The number of hydrogen-bond acceptors (Lipinski definition) is 5. The van der Waals surface area contributed by atoms with E-state index in [0.717, 1.165) is 31.8 Å². The van der Waals surface area contributed by atoms with E-state index in [9.17, 15) is 8.42 Å². The fraction of sp³-hybridized carbons (Fsp3) is 0.647. The minimum Gasteiger partial charge on any atom is -0.497 e. The van der Waals surface area contributed by atoms with Gasteiger partial charge in [0.05, 0.1) is 26.1 Å². The summed E-state index contributed by atoms with van der Waals surface area (Å²) in [7, 11) is -1.47. The summed E-state index contributed by atoms with van der Waals surface area (Å²) in [4.78, 5) is 2.39. The molecule has 0 aliphatic carbocycles. The molecule has 1 aromatic rings. The van der Waals surface area contributed by atoms with Gasteiger partial charge in [-0.1, -0.05) is 12.1 Å². The lowest BCUT2D eigenvalue weighted by atomic mass is 9.93. The number of piperidine rings is 1. The molecule has 24 heavy (non-hydrogen) atoms. The summed E-state index contributed by atoms with van der Waals surface area (Å²) in [5, 5.41) is 0. The molecule has 2 saturated heterocycles. The van der Waals surface area contributed by atoms with Crippen LogP contribution < -0.4 is 4.74 Å². The van der Waals surface area contributed by atoms with E-state index in [1.165, 1.54) is 11.8 Å². The molecule has 0 N–H and O–H groups in total. The molecule has 2 fully saturated rings. The molecular weight excluding hydrogens is 328 g/mol. The summed E-state index contributed by atoms with van der Waals surface area (Å²) in [6.07, 6.45) is 2.36. The van der Waals surface area contributed by atoms with Crippen LogP contribution in [0.2, 0.25) is 0 Å². The van der Waals surface area contributed by atoms with E-state index in [1.807, 2.05) is 12.1 Å². The minimum atomic E-state index is -3.14. The molecule has 2 atom stereocenters. The molecule has 0 saturated carbocycles. The molecule has 0 unspecified atom stereocenters. The first-order chi connectivity index (χ1) is 11.5. The highest BCUT2D eigenvalue weighted by Gasteiger charge is 2.35. The van der Waals surface area contributed by atoms with Crippen molar-refractivity contribution in [2.45, 2.75) is 19.1 Å². The van der Waals surface area contributed by atoms with Crippen molar-refractivity contribution < 1.29 is 17.9 Å². The number of nitrogens with zero attached hydrogens (tertiary/aromatic N) is 2. The maximum Gasteiger partial charge on any atom is 0.211 e. The van der Waals surface area contributed by atoms with Crippen molar-refractivity contribution in [2.75, 3.05) is 46.2 Å². The number of methoxy groups -OCH3 is 1. The standard InChI is InChI=1S/C17H26N2O4S/c1-22-16-5-3-14(4-6-16)11-18-8-7-15-12-19(24(2,20)21)9-10-23-17(15)13-18/h3-6,15,17H,7-13H2,1-2H3/t15-,17-/m1/s1. The number of fused-ring (bicyclic) bond motifs is 1. The first-order valence-corrected chi connectivity index (χ1v) is 10.2. The number of likely N-dealkylation sites (tertiary alicyclic amines) is 1. The topological polar surface area (TPSA) is 59.1 Å². The molecule has 3 rings (SSSR count). The molecule has 2 aliphatic rings. The predicted octanol–water partition coefficient (Wildman–Crippen LogP) is 1.18. The first-order valence-electron chi connectivity index (χ1n) is 8.38. The largest absolute Gasteiger partial charge is 0.497 e. The average Bonchev–Trinajstić information content (AvgIpc) is 2.77. The molecule has 0 radical (unpaired) electrons. The normalized spacial score (nSPS) is 26.6. The van der Waals surface area contributed by atoms with Crippen LogP contribution in [-0.4, -0.2) is 69.9 Å². The highest BCUT2D eigenvalue weighted by Crippen LogP contribution is 2.26. The van der Waals surface area contributed by atoms with Gasteiger partial charge in [0, 0.05) is 32.1 Å².